The van der Waals surface area contributed by atoms with Crippen molar-refractivity contribution in [1.82, 2.24) is 15.1 Å². The predicted octanol–water partition coefficient (Wildman–Crippen LogP) is 3.96. The molecule has 4 amide bonds. The Bertz CT molecular complexity index is 923. The lowest BCUT2D eigenvalue weighted by molar-refractivity contribution is -0.141. The second kappa shape index (κ2) is 9.22. The van der Waals surface area contributed by atoms with Gasteiger partial charge < -0.3 is 10.2 Å². The quantitative estimate of drug-likeness (QED) is 0.664. The standard InChI is InChI=1S/C24H29N3O3S/c1-18(15-20-11-8-14-31-20)26(16-19-9-4-2-5-10-19)21(28)17-27-22(29)24(25-23(27)30)12-6-3-7-13-24/h2,4-5,8-11,14,18H,3,6-7,12-13,15-17H2,1H3,(H,25,30). The molecule has 0 radical (unpaired) electrons. The van der Waals surface area contributed by atoms with Gasteiger partial charge in [-0.2, -0.15) is 0 Å². The van der Waals surface area contributed by atoms with E-state index in [1.807, 2.05) is 48.7 Å². The lowest BCUT2D eigenvalue weighted by Gasteiger charge is -2.32. The molecule has 1 aromatic heterocycles. The first-order valence-corrected chi connectivity index (χ1v) is 11.9. The summed E-state index contributed by atoms with van der Waals surface area (Å²) in [6.07, 6.45) is 4.97. The number of nitrogens with zero attached hydrogens (tertiary/aromatic N) is 2. The molecule has 2 aromatic rings. The maximum atomic E-state index is 13.4. The van der Waals surface area contributed by atoms with Crippen molar-refractivity contribution >= 4 is 29.2 Å². The molecule has 7 heteroatoms. The first kappa shape index (κ1) is 21.6. The minimum absolute atomic E-state index is 0.0595. The number of nitrogens with one attached hydrogen (secondary N) is 1. The predicted molar refractivity (Wildman–Crippen MR) is 121 cm³/mol. The second-order valence-corrected chi connectivity index (χ2v) is 9.64. The number of benzene rings is 1. The van der Waals surface area contributed by atoms with E-state index in [0.717, 1.165) is 36.1 Å². The molecule has 2 heterocycles. The molecule has 4 rings (SSSR count). The largest absolute Gasteiger partial charge is 0.334 e. The molecular formula is C24H29N3O3S. The molecule has 2 fully saturated rings. The first-order chi connectivity index (χ1) is 15.0. The van der Waals surface area contributed by atoms with Gasteiger partial charge in [0.25, 0.3) is 5.91 Å². The molecule has 31 heavy (non-hydrogen) atoms. The average Bonchev–Trinajstić information content (AvgIpc) is 3.36. The van der Waals surface area contributed by atoms with Crippen LogP contribution >= 0.6 is 11.3 Å². The third-order valence-corrected chi connectivity index (χ3v) is 7.27. The van der Waals surface area contributed by atoms with Crippen molar-refractivity contribution in [2.75, 3.05) is 6.54 Å². The van der Waals surface area contributed by atoms with Crippen LogP contribution in [-0.4, -0.2) is 45.8 Å². The summed E-state index contributed by atoms with van der Waals surface area (Å²) >= 11 is 1.67. The van der Waals surface area contributed by atoms with Crippen LogP contribution < -0.4 is 5.32 Å². The molecule has 2 aliphatic rings. The Morgan fingerprint density at radius 3 is 2.55 bits per heavy atom. The topological polar surface area (TPSA) is 69.7 Å². The van der Waals surface area contributed by atoms with Gasteiger partial charge in [0.2, 0.25) is 5.91 Å². The van der Waals surface area contributed by atoms with Crippen LogP contribution in [0.2, 0.25) is 0 Å². The van der Waals surface area contributed by atoms with Crippen molar-refractivity contribution in [2.45, 2.75) is 63.6 Å². The summed E-state index contributed by atoms with van der Waals surface area (Å²) in [5.74, 6) is -0.444. The number of urea groups is 1. The molecular weight excluding hydrogens is 410 g/mol. The van der Waals surface area contributed by atoms with Gasteiger partial charge in [0.1, 0.15) is 12.1 Å². The summed E-state index contributed by atoms with van der Waals surface area (Å²) in [4.78, 5) is 43.3. The van der Waals surface area contributed by atoms with Crippen LogP contribution in [0.1, 0.15) is 49.5 Å². The third kappa shape index (κ3) is 4.66. The number of amides is 4. The normalized spacial score (nSPS) is 18.8. The van der Waals surface area contributed by atoms with Crippen molar-refractivity contribution in [3.05, 3.63) is 58.3 Å². The fraction of sp³-hybridized carbons (Fsp3) is 0.458. The van der Waals surface area contributed by atoms with Crippen LogP contribution in [0.5, 0.6) is 0 Å². The van der Waals surface area contributed by atoms with Gasteiger partial charge in [-0.1, -0.05) is 55.7 Å². The molecule has 1 aliphatic carbocycles. The summed E-state index contributed by atoms with van der Waals surface area (Å²) < 4.78 is 0. The van der Waals surface area contributed by atoms with E-state index in [-0.39, 0.29) is 24.4 Å². The van der Waals surface area contributed by atoms with Gasteiger partial charge in [-0.15, -0.1) is 11.3 Å². The van der Waals surface area contributed by atoms with E-state index in [4.69, 9.17) is 0 Å². The second-order valence-electron chi connectivity index (χ2n) is 8.60. The molecule has 1 N–H and O–H groups in total. The third-order valence-electron chi connectivity index (χ3n) is 6.37. The van der Waals surface area contributed by atoms with Gasteiger partial charge in [0, 0.05) is 23.9 Å². The van der Waals surface area contributed by atoms with Gasteiger partial charge in [-0.25, -0.2) is 4.79 Å². The minimum Gasteiger partial charge on any atom is -0.334 e. The molecule has 1 aromatic carbocycles. The zero-order chi connectivity index (χ0) is 21.8. The Hall–Kier alpha value is -2.67. The molecule has 1 saturated heterocycles. The highest BCUT2D eigenvalue weighted by atomic mass is 32.1. The van der Waals surface area contributed by atoms with E-state index >= 15 is 0 Å². The Labute approximate surface area is 187 Å². The van der Waals surface area contributed by atoms with E-state index in [1.165, 1.54) is 4.88 Å². The maximum Gasteiger partial charge on any atom is 0.325 e. The molecule has 164 valence electrons. The number of hydrogen-bond acceptors (Lipinski definition) is 4. The number of thiophene rings is 1. The molecule has 0 bridgehead atoms. The molecule has 6 nitrogen and oxygen atoms in total. The summed E-state index contributed by atoms with van der Waals surface area (Å²) in [6.45, 7) is 2.25. The number of hydrogen-bond donors (Lipinski definition) is 1. The fourth-order valence-electron chi connectivity index (χ4n) is 4.64. The Morgan fingerprint density at radius 2 is 1.87 bits per heavy atom. The molecule has 1 unspecified atom stereocenters. The van der Waals surface area contributed by atoms with E-state index in [9.17, 15) is 14.4 Å². The van der Waals surface area contributed by atoms with Gasteiger partial charge in [-0.05, 0) is 36.8 Å². The summed E-state index contributed by atoms with van der Waals surface area (Å²) in [6, 6.07) is 13.4. The van der Waals surface area contributed by atoms with Crippen molar-refractivity contribution in [3.8, 4) is 0 Å². The van der Waals surface area contributed by atoms with Crippen LogP contribution in [-0.2, 0) is 22.6 Å². The van der Waals surface area contributed by atoms with Crippen LogP contribution in [0.15, 0.2) is 47.8 Å². The number of rotatable bonds is 7. The first-order valence-electron chi connectivity index (χ1n) is 11.0. The zero-order valence-corrected chi connectivity index (χ0v) is 18.7. The molecule has 1 spiro atoms. The van der Waals surface area contributed by atoms with Crippen molar-refractivity contribution in [1.29, 1.82) is 0 Å². The van der Waals surface area contributed by atoms with Crippen LogP contribution in [0, 0.1) is 0 Å². The summed E-state index contributed by atoms with van der Waals surface area (Å²) in [7, 11) is 0. The number of carbonyl (C=O) groups excluding carboxylic acids is 3. The Balaban J connectivity index is 1.51. The van der Waals surface area contributed by atoms with Gasteiger partial charge in [-0.3, -0.25) is 14.5 Å². The van der Waals surface area contributed by atoms with Crippen molar-refractivity contribution < 1.29 is 14.4 Å². The van der Waals surface area contributed by atoms with Crippen LogP contribution in [0.4, 0.5) is 4.79 Å². The molecule has 1 atom stereocenters. The Morgan fingerprint density at radius 1 is 1.13 bits per heavy atom. The van der Waals surface area contributed by atoms with Crippen LogP contribution in [0.25, 0.3) is 0 Å². The highest BCUT2D eigenvalue weighted by Crippen LogP contribution is 2.33. The van der Waals surface area contributed by atoms with Gasteiger partial charge >= 0.3 is 6.03 Å². The van der Waals surface area contributed by atoms with Crippen LogP contribution in [0.3, 0.4) is 0 Å². The monoisotopic (exact) mass is 439 g/mol. The molecule has 1 saturated carbocycles. The minimum atomic E-state index is -0.803. The van der Waals surface area contributed by atoms with Gasteiger partial charge in [0.15, 0.2) is 0 Å². The smallest absolute Gasteiger partial charge is 0.325 e. The summed E-state index contributed by atoms with van der Waals surface area (Å²) in [5.41, 5.74) is 0.220. The van der Waals surface area contributed by atoms with E-state index in [2.05, 4.69) is 11.4 Å². The van der Waals surface area contributed by atoms with E-state index in [0.29, 0.717) is 19.4 Å². The van der Waals surface area contributed by atoms with Gasteiger partial charge in [0.05, 0.1) is 0 Å². The lowest BCUT2D eigenvalue weighted by atomic mass is 9.82. The SMILES string of the molecule is CC(Cc1cccs1)N(Cc1ccccc1)C(=O)CN1C(=O)NC2(CCCCC2)C1=O. The summed E-state index contributed by atoms with van der Waals surface area (Å²) in [5, 5.41) is 4.93. The van der Waals surface area contributed by atoms with Crippen molar-refractivity contribution in [2.24, 2.45) is 0 Å². The fourth-order valence-corrected chi connectivity index (χ4v) is 5.47. The molecule has 1 aliphatic heterocycles. The van der Waals surface area contributed by atoms with E-state index < -0.39 is 11.6 Å². The zero-order valence-electron chi connectivity index (χ0n) is 17.9. The highest BCUT2D eigenvalue weighted by Gasteiger charge is 2.51. The number of carbonyl (C=O) groups is 3. The lowest BCUT2D eigenvalue weighted by Crippen LogP contribution is -2.49. The maximum absolute atomic E-state index is 13.4. The average molecular weight is 440 g/mol. The highest BCUT2D eigenvalue weighted by molar-refractivity contribution is 7.09. The van der Waals surface area contributed by atoms with E-state index in [1.54, 1.807) is 16.2 Å². The number of imide groups is 1. The Kier molecular flexibility index (Phi) is 6.41. The van der Waals surface area contributed by atoms with Crippen molar-refractivity contribution in [3.63, 3.8) is 0 Å².